The van der Waals surface area contributed by atoms with Crippen LogP contribution in [0.2, 0.25) is 0 Å². The second-order valence-corrected chi connectivity index (χ2v) is 3.56. The van der Waals surface area contributed by atoms with E-state index in [1.807, 2.05) is 0 Å². The molecule has 1 heterocycles. The van der Waals surface area contributed by atoms with Crippen LogP contribution in [0.5, 0.6) is 0 Å². The number of hydrogen-bond acceptors (Lipinski definition) is 4. The number of rotatable bonds is 3. The summed E-state index contributed by atoms with van der Waals surface area (Å²) in [5.74, 6) is -1.26. The highest BCUT2D eigenvalue weighted by molar-refractivity contribution is 5.96. The average molecular weight is 247 g/mol. The van der Waals surface area contributed by atoms with Gasteiger partial charge in [-0.05, 0) is 30.3 Å². The average Bonchev–Trinajstić information content (AvgIpc) is 2.34. The van der Waals surface area contributed by atoms with Crippen LogP contribution in [0.15, 0.2) is 36.5 Å². The fourth-order valence-electron chi connectivity index (χ4n) is 1.43. The summed E-state index contributed by atoms with van der Waals surface area (Å²) in [5, 5.41) is 11.7. The number of nitrogens with one attached hydrogen (secondary N) is 1. The molecule has 0 radical (unpaired) electrons. The Labute approximate surface area is 102 Å². The van der Waals surface area contributed by atoms with E-state index in [1.165, 1.54) is 36.5 Å². The normalized spacial score (nSPS) is 10.1. The van der Waals surface area contributed by atoms with Crippen molar-refractivity contribution in [2.24, 2.45) is 0 Å². The van der Waals surface area contributed by atoms with Gasteiger partial charge in [0.05, 0.1) is 11.3 Å². The highest BCUT2D eigenvalue weighted by atomic mass is 19.1. The molecule has 0 aliphatic rings. The Kier molecular flexibility index (Phi) is 3.09. The molecule has 0 fully saturated rings. The lowest BCUT2D eigenvalue weighted by Crippen LogP contribution is -2.06. The van der Waals surface area contributed by atoms with Crippen molar-refractivity contribution in [2.75, 3.05) is 11.1 Å². The molecule has 6 heteroatoms. The van der Waals surface area contributed by atoms with E-state index < -0.39 is 5.97 Å². The molecule has 0 amide bonds. The van der Waals surface area contributed by atoms with Crippen molar-refractivity contribution in [1.29, 1.82) is 0 Å². The van der Waals surface area contributed by atoms with Crippen LogP contribution in [0.4, 0.5) is 21.6 Å². The minimum absolute atomic E-state index is 0.0328. The van der Waals surface area contributed by atoms with Crippen LogP contribution in [0.1, 0.15) is 10.4 Å². The molecule has 0 saturated carbocycles. The minimum atomic E-state index is -1.13. The van der Waals surface area contributed by atoms with Gasteiger partial charge in [-0.15, -0.1) is 0 Å². The summed E-state index contributed by atoms with van der Waals surface area (Å²) >= 11 is 0. The number of carboxylic acid groups (broad SMARTS) is 1. The summed E-state index contributed by atoms with van der Waals surface area (Å²) in [6.45, 7) is 0. The van der Waals surface area contributed by atoms with Crippen molar-refractivity contribution in [1.82, 2.24) is 4.98 Å². The quantitative estimate of drug-likeness (QED) is 0.774. The van der Waals surface area contributed by atoms with Crippen molar-refractivity contribution >= 4 is 23.2 Å². The van der Waals surface area contributed by atoms with E-state index in [0.717, 1.165) is 0 Å². The summed E-state index contributed by atoms with van der Waals surface area (Å²) in [6, 6.07) is 6.88. The third kappa shape index (κ3) is 2.37. The van der Waals surface area contributed by atoms with E-state index in [9.17, 15) is 9.18 Å². The Bertz CT molecular complexity index is 584. The van der Waals surface area contributed by atoms with Crippen LogP contribution in [0, 0.1) is 5.82 Å². The molecule has 2 rings (SSSR count). The first-order valence-corrected chi connectivity index (χ1v) is 5.08. The predicted octanol–water partition coefficient (Wildman–Crippen LogP) is 2.24. The molecular formula is C12H10FN3O2. The van der Waals surface area contributed by atoms with E-state index in [-0.39, 0.29) is 22.9 Å². The van der Waals surface area contributed by atoms with Crippen LogP contribution in [-0.2, 0) is 0 Å². The number of anilines is 3. The fourth-order valence-corrected chi connectivity index (χ4v) is 1.43. The molecule has 0 atom stereocenters. The Morgan fingerprint density at radius 2 is 1.94 bits per heavy atom. The molecule has 92 valence electrons. The minimum Gasteiger partial charge on any atom is -0.478 e. The maximum atomic E-state index is 12.7. The van der Waals surface area contributed by atoms with Gasteiger partial charge in [0.25, 0.3) is 0 Å². The molecule has 1 aromatic heterocycles. The summed E-state index contributed by atoms with van der Waals surface area (Å²) in [6.07, 6.45) is 1.34. The molecule has 18 heavy (non-hydrogen) atoms. The number of hydrogen-bond donors (Lipinski definition) is 3. The van der Waals surface area contributed by atoms with E-state index in [4.69, 9.17) is 10.8 Å². The molecule has 0 aliphatic carbocycles. The first-order valence-electron chi connectivity index (χ1n) is 5.08. The Hall–Kier alpha value is -2.63. The topological polar surface area (TPSA) is 88.2 Å². The highest BCUT2D eigenvalue weighted by Crippen LogP contribution is 2.23. The van der Waals surface area contributed by atoms with Gasteiger partial charge in [0.2, 0.25) is 0 Å². The van der Waals surface area contributed by atoms with Crippen LogP contribution in [0.25, 0.3) is 0 Å². The zero-order valence-electron chi connectivity index (χ0n) is 9.22. The zero-order chi connectivity index (χ0) is 13.1. The maximum absolute atomic E-state index is 12.7. The molecule has 5 nitrogen and oxygen atoms in total. The smallest absolute Gasteiger partial charge is 0.337 e. The lowest BCUT2D eigenvalue weighted by atomic mass is 10.2. The number of pyridine rings is 1. The zero-order valence-corrected chi connectivity index (χ0v) is 9.22. The maximum Gasteiger partial charge on any atom is 0.337 e. The molecule has 2 aromatic rings. The SMILES string of the molecule is Nc1c(C(=O)O)ccnc1Nc1ccc(F)cc1. The molecule has 0 bridgehead atoms. The van der Waals surface area contributed by atoms with Crippen molar-refractivity contribution in [3.8, 4) is 0 Å². The summed E-state index contributed by atoms with van der Waals surface area (Å²) in [7, 11) is 0. The molecule has 4 N–H and O–H groups in total. The van der Waals surface area contributed by atoms with Crippen molar-refractivity contribution in [2.45, 2.75) is 0 Å². The van der Waals surface area contributed by atoms with Gasteiger partial charge >= 0.3 is 5.97 Å². The van der Waals surface area contributed by atoms with Crippen LogP contribution in [-0.4, -0.2) is 16.1 Å². The number of aromatic carboxylic acids is 1. The number of nitrogens with two attached hydrogens (primary N) is 1. The largest absolute Gasteiger partial charge is 0.478 e. The Morgan fingerprint density at radius 1 is 1.28 bits per heavy atom. The first kappa shape index (κ1) is 11.8. The van der Waals surface area contributed by atoms with Crippen molar-refractivity contribution < 1.29 is 14.3 Å². The van der Waals surface area contributed by atoms with Gasteiger partial charge in [0, 0.05) is 11.9 Å². The van der Waals surface area contributed by atoms with Gasteiger partial charge < -0.3 is 16.2 Å². The van der Waals surface area contributed by atoms with E-state index >= 15 is 0 Å². The van der Waals surface area contributed by atoms with Crippen molar-refractivity contribution in [3.63, 3.8) is 0 Å². The molecule has 0 saturated heterocycles. The van der Waals surface area contributed by atoms with Crippen LogP contribution >= 0.6 is 0 Å². The van der Waals surface area contributed by atoms with Gasteiger partial charge in [-0.25, -0.2) is 14.2 Å². The number of carboxylic acids is 1. The lowest BCUT2D eigenvalue weighted by Gasteiger charge is -2.09. The standard InChI is InChI=1S/C12H10FN3O2/c13-7-1-3-8(4-2-7)16-11-10(14)9(12(17)18)5-6-15-11/h1-6H,14H2,(H,15,16)(H,17,18). The number of aromatic nitrogens is 1. The van der Waals surface area contributed by atoms with E-state index in [2.05, 4.69) is 10.3 Å². The van der Waals surface area contributed by atoms with Gasteiger partial charge in [0.1, 0.15) is 5.82 Å². The third-order valence-electron chi connectivity index (χ3n) is 2.33. The van der Waals surface area contributed by atoms with Crippen LogP contribution < -0.4 is 11.1 Å². The van der Waals surface area contributed by atoms with E-state index in [0.29, 0.717) is 5.69 Å². The van der Waals surface area contributed by atoms with Gasteiger partial charge in [0.15, 0.2) is 5.82 Å². The number of nitrogen functional groups attached to an aromatic ring is 1. The first-order chi connectivity index (χ1) is 8.58. The molecule has 0 unspecified atom stereocenters. The van der Waals surface area contributed by atoms with Crippen LogP contribution in [0.3, 0.4) is 0 Å². The number of nitrogens with zero attached hydrogens (tertiary/aromatic N) is 1. The fraction of sp³-hybridized carbons (Fsp3) is 0. The Morgan fingerprint density at radius 3 is 2.56 bits per heavy atom. The molecule has 0 aliphatic heterocycles. The van der Waals surface area contributed by atoms with Gasteiger partial charge in [-0.3, -0.25) is 0 Å². The summed E-state index contributed by atoms with van der Waals surface area (Å²) in [5.41, 5.74) is 6.25. The number of benzene rings is 1. The summed E-state index contributed by atoms with van der Waals surface area (Å²) in [4.78, 5) is 14.8. The Balaban J connectivity index is 2.32. The number of halogens is 1. The second-order valence-electron chi connectivity index (χ2n) is 3.56. The lowest BCUT2D eigenvalue weighted by molar-refractivity contribution is 0.0698. The van der Waals surface area contributed by atoms with Crippen molar-refractivity contribution in [3.05, 3.63) is 47.9 Å². The molecule has 0 spiro atoms. The third-order valence-corrected chi connectivity index (χ3v) is 2.33. The van der Waals surface area contributed by atoms with E-state index in [1.54, 1.807) is 0 Å². The molecular weight excluding hydrogens is 237 g/mol. The van der Waals surface area contributed by atoms with Gasteiger partial charge in [-0.2, -0.15) is 0 Å². The molecule has 1 aromatic carbocycles. The predicted molar refractivity (Wildman–Crippen MR) is 65.3 cm³/mol. The summed E-state index contributed by atoms with van der Waals surface area (Å²) < 4.78 is 12.7. The number of carbonyl (C=O) groups is 1. The van der Waals surface area contributed by atoms with Gasteiger partial charge in [-0.1, -0.05) is 0 Å². The monoisotopic (exact) mass is 247 g/mol. The second kappa shape index (κ2) is 4.70. The highest BCUT2D eigenvalue weighted by Gasteiger charge is 2.12.